The first-order valence-electron chi connectivity index (χ1n) is 6.22. The molecule has 1 saturated heterocycles. The average molecular weight is 252 g/mol. The Morgan fingerprint density at radius 2 is 2.11 bits per heavy atom. The number of nitrogens with zero attached hydrogens (tertiary/aromatic N) is 1. The van der Waals surface area contributed by atoms with Gasteiger partial charge in [-0.25, -0.2) is 8.78 Å². The molecule has 18 heavy (non-hydrogen) atoms. The van der Waals surface area contributed by atoms with Crippen LogP contribution in [0.1, 0.15) is 11.1 Å². The highest BCUT2D eigenvalue weighted by Crippen LogP contribution is 2.30. The molecular weight excluding hydrogens is 236 g/mol. The van der Waals surface area contributed by atoms with Gasteiger partial charge in [0.15, 0.2) is 0 Å². The lowest BCUT2D eigenvalue weighted by molar-refractivity contribution is 0.0157. The van der Waals surface area contributed by atoms with E-state index in [9.17, 15) is 8.78 Å². The van der Waals surface area contributed by atoms with E-state index in [1.54, 1.807) is 0 Å². The molecule has 2 N–H and O–H groups in total. The highest BCUT2D eigenvalue weighted by Gasteiger charge is 2.38. The summed E-state index contributed by atoms with van der Waals surface area (Å²) in [5.74, 6) is 0. The number of benzene rings is 1. The molecule has 2 aliphatic heterocycles. The lowest BCUT2D eigenvalue weighted by atomic mass is 10.1. The Kier molecular flexibility index (Phi) is 3.28. The Morgan fingerprint density at radius 3 is 2.94 bits per heavy atom. The van der Waals surface area contributed by atoms with Gasteiger partial charge < -0.3 is 5.32 Å². The summed E-state index contributed by atoms with van der Waals surface area (Å²) in [7, 11) is 0. The first-order chi connectivity index (χ1) is 8.77. The Hall–Kier alpha value is -1.04. The molecular formula is C13H16F2N3. The molecule has 0 spiro atoms. The molecule has 1 atom stereocenters. The van der Waals surface area contributed by atoms with E-state index in [-0.39, 0.29) is 0 Å². The molecule has 1 aromatic rings. The van der Waals surface area contributed by atoms with E-state index in [1.165, 1.54) is 5.56 Å². The summed E-state index contributed by atoms with van der Waals surface area (Å²) in [6.45, 7) is 2.43. The molecule has 2 aliphatic rings. The van der Waals surface area contributed by atoms with Gasteiger partial charge in [-0.3, -0.25) is 10.2 Å². The van der Waals surface area contributed by atoms with Gasteiger partial charge in [0.2, 0.25) is 0 Å². The number of hydrogen-bond acceptors (Lipinski definition) is 3. The predicted octanol–water partition coefficient (Wildman–Crippen LogP) is 1.17. The van der Waals surface area contributed by atoms with Crippen molar-refractivity contribution in [1.29, 1.82) is 0 Å². The SMILES string of the molecule is FC(F)C1CNCCN1[C]1NCc2ccccc21. The molecule has 0 aromatic heterocycles. The lowest BCUT2D eigenvalue weighted by Gasteiger charge is -2.39. The zero-order valence-electron chi connectivity index (χ0n) is 10.00. The maximum Gasteiger partial charge on any atom is 0.255 e. The Labute approximate surface area is 105 Å². The van der Waals surface area contributed by atoms with Crippen LogP contribution < -0.4 is 10.6 Å². The number of alkyl halides is 2. The summed E-state index contributed by atoms with van der Waals surface area (Å²) in [5, 5.41) is 6.29. The van der Waals surface area contributed by atoms with Crippen molar-refractivity contribution in [3.63, 3.8) is 0 Å². The Morgan fingerprint density at radius 1 is 1.28 bits per heavy atom. The summed E-state index contributed by atoms with van der Waals surface area (Å²) in [5.41, 5.74) is 2.24. The topological polar surface area (TPSA) is 27.3 Å². The van der Waals surface area contributed by atoms with Crippen molar-refractivity contribution in [2.24, 2.45) is 0 Å². The maximum absolute atomic E-state index is 13.1. The number of piperazine rings is 1. The van der Waals surface area contributed by atoms with Crippen molar-refractivity contribution in [1.82, 2.24) is 15.5 Å². The van der Waals surface area contributed by atoms with Crippen LogP contribution in [-0.2, 0) is 6.54 Å². The van der Waals surface area contributed by atoms with Gasteiger partial charge in [-0.05, 0) is 11.1 Å². The molecule has 1 radical (unpaired) electrons. The number of fused-ring (bicyclic) bond motifs is 1. The van der Waals surface area contributed by atoms with Crippen LogP contribution in [0.4, 0.5) is 8.78 Å². The van der Waals surface area contributed by atoms with E-state index in [2.05, 4.69) is 10.6 Å². The van der Waals surface area contributed by atoms with Gasteiger partial charge in [-0.2, -0.15) is 0 Å². The van der Waals surface area contributed by atoms with Crippen molar-refractivity contribution in [2.75, 3.05) is 19.6 Å². The molecule has 3 rings (SSSR count). The van der Waals surface area contributed by atoms with Crippen molar-refractivity contribution in [3.05, 3.63) is 41.6 Å². The van der Waals surface area contributed by atoms with Gasteiger partial charge in [0.1, 0.15) is 6.17 Å². The third-order valence-electron chi connectivity index (χ3n) is 3.58. The molecule has 1 aromatic carbocycles. The van der Waals surface area contributed by atoms with Crippen LogP contribution in [0.3, 0.4) is 0 Å². The Bertz CT molecular complexity index is 424. The highest BCUT2D eigenvalue weighted by atomic mass is 19.3. The molecule has 1 fully saturated rings. The van der Waals surface area contributed by atoms with Crippen LogP contribution in [0.2, 0.25) is 0 Å². The van der Waals surface area contributed by atoms with Crippen LogP contribution in [0.25, 0.3) is 0 Å². The zero-order chi connectivity index (χ0) is 12.5. The maximum atomic E-state index is 13.1. The fourth-order valence-electron chi connectivity index (χ4n) is 2.66. The van der Waals surface area contributed by atoms with Gasteiger partial charge >= 0.3 is 0 Å². The van der Waals surface area contributed by atoms with Crippen LogP contribution in [0.15, 0.2) is 24.3 Å². The minimum absolute atomic E-state index is 0.338. The summed E-state index contributed by atoms with van der Waals surface area (Å²) >= 11 is 0. The lowest BCUT2D eigenvalue weighted by Crippen LogP contribution is -2.57. The number of rotatable bonds is 2. The third-order valence-corrected chi connectivity index (χ3v) is 3.58. The minimum atomic E-state index is -2.33. The Balaban J connectivity index is 1.86. The van der Waals surface area contributed by atoms with Crippen LogP contribution >= 0.6 is 0 Å². The average Bonchev–Trinajstić information content (AvgIpc) is 2.82. The molecule has 0 amide bonds. The van der Waals surface area contributed by atoms with E-state index in [0.717, 1.165) is 24.8 Å². The second kappa shape index (κ2) is 4.91. The monoisotopic (exact) mass is 252 g/mol. The summed E-state index contributed by atoms with van der Waals surface area (Å²) in [6.07, 6.45) is -1.47. The van der Waals surface area contributed by atoms with Crippen molar-refractivity contribution >= 4 is 0 Å². The van der Waals surface area contributed by atoms with Gasteiger partial charge in [0.05, 0.1) is 6.04 Å². The van der Waals surface area contributed by atoms with E-state index in [1.807, 2.05) is 29.2 Å². The van der Waals surface area contributed by atoms with E-state index in [4.69, 9.17) is 0 Å². The predicted molar refractivity (Wildman–Crippen MR) is 65.0 cm³/mol. The molecule has 3 nitrogen and oxygen atoms in total. The van der Waals surface area contributed by atoms with Gasteiger partial charge in [0, 0.05) is 26.2 Å². The fourth-order valence-corrected chi connectivity index (χ4v) is 2.66. The zero-order valence-corrected chi connectivity index (χ0v) is 10.00. The number of hydrogen-bond donors (Lipinski definition) is 2. The molecule has 0 bridgehead atoms. The summed E-state index contributed by atoms with van der Waals surface area (Å²) in [6, 6.07) is 7.22. The molecule has 1 unspecified atom stereocenters. The van der Waals surface area contributed by atoms with Gasteiger partial charge in [-0.1, -0.05) is 24.3 Å². The molecule has 0 aliphatic carbocycles. The first-order valence-corrected chi connectivity index (χ1v) is 6.22. The second-order valence-electron chi connectivity index (χ2n) is 4.66. The molecule has 5 heteroatoms. The largest absolute Gasteiger partial charge is 0.314 e. The number of nitrogens with one attached hydrogen (secondary N) is 2. The quantitative estimate of drug-likeness (QED) is 0.827. The van der Waals surface area contributed by atoms with Gasteiger partial charge in [0.25, 0.3) is 6.43 Å². The first kappa shape index (κ1) is 12.0. The summed E-state index contributed by atoms with van der Waals surface area (Å²) in [4.78, 5) is 1.81. The number of halogens is 2. The second-order valence-corrected chi connectivity index (χ2v) is 4.66. The van der Waals surface area contributed by atoms with E-state index >= 15 is 0 Å². The molecule has 0 saturated carbocycles. The minimum Gasteiger partial charge on any atom is -0.314 e. The van der Waals surface area contributed by atoms with Crippen LogP contribution in [0.5, 0.6) is 0 Å². The van der Waals surface area contributed by atoms with Gasteiger partial charge in [-0.15, -0.1) is 0 Å². The van der Waals surface area contributed by atoms with Crippen molar-refractivity contribution < 1.29 is 8.78 Å². The van der Waals surface area contributed by atoms with Crippen LogP contribution in [-0.4, -0.2) is 37.0 Å². The normalized spacial score (nSPS) is 25.6. The standard InChI is InChI=1S/C13H16F2N3/c14-12(15)11-8-16-5-6-18(11)13-10-4-2-1-3-9(10)7-17-13/h1-4,11-12,16-17H,5-8H2. The van der Waals surface area contributed by atoms with E-state index in [0.29, 0.717) is 13.1 Å². The van der Waals surface area contributed by atoms with Crippen molar-refractivity contribution in [2.45, 2.75) is 19.0 Å². The molecule has 97 valence electrons. The smallest absolute Gasteiger partial charge is 0.255 e. The third kappa shape index (κ3) is 2.02. The molecule has 2 heterocycles. The highest BCUT2D eigenvalue weighted by molar-refractivity contribution is 5.41. The van der Waals surface area contributed by atoms with Crippen molar-refractivity contribution in [3.8, 4) is 0 Å². The summed E-state index contributed by atoms with van der Waals surface area (Å²) < 4.78 is 26.2. The van der Waals surface area contributed by atoms with Crippen LogP contribution in [0, 0.1) is 6.17 Å². The van der Waals surface area contributed by atoms with E-state index < -0.39 is 12.5 Å². The fraction of sp³-hybridized carbons (Fsp3) is 0.462.